The molecular formula is C14H12N4O3. The van der Waals surface area contributed by atoms with Crippen LogP contribution in [0.4, 0.5) is 11.4 Å². The number of pyridine rings is 1. The Morgan fingerprint density at radius 1 is 1.00 bits per heavy atom. The number of carbonyl (C=O) groups excluding carboxylic acids is 3. The summed E-state index contributed by atoms with van der Waals surface area (Å²) in [6, 6.07) is 9.13. The third kappa shape index (κ3) is 3.87. The molecule has 1 aromatic heterocycles. The van der Waals surface area contributed by atoms with Gasteiger partial charge in [0.05, 0.1) is 11.9 Å². The van der Waals surface area contributed by atoms with Crippen molar-refractivity contribution in [3.05, 3.63) is 54.4 Å². The van der Waals surface area contributed by atoms with Crippen LogP contribution >= 0.6 is 0 Å². The minimum absolute atomic E-state index is 0.228. The van der Waals surface area contributed by atoms with Crippen LogP contribution in [-0.2, 0) is 9.59 Å². The number of nitrogens with one attached hydrogen (secondary N) is 2. The van der Waals surface area contributed by atoms with Gasteiger partial charge in [0, 0.05) is 17.4 Å². The van der Waals surface area contributed by atoms with Crippen molar-refractivity contribution in [3.63, 3.8) is 0 Å². The van der Waals surface area contributed by atoms with Gasteiger partial charge in [0.25, 0.3) is 5.91 Å². The number of aromatic nitrogens is 1. The van der Waals surface area contributed by atoms with Gasteiger partial charge < -0.3 is 11.1 Å². The molecule has 4 N–H and O–H groups in total. The zero-order valence-electron chi connectivity index (χ0n) is 10.9. The van der Waals surface area contributed by atoms with E-state index >= 15 is 0 Å². The number of rotatable bonds is 2. The highest BCUT2D eigenvalue weighted by Crippen LogP contribution is 2.05. The molecule has 21 heavy (non-hydrogen) atoms. The van der Waals surface area contributed by atoms with Crippen molar-refractivity contribution in [2.24, 2.45) is 0 Å². The molecule has 3 amide bonds. The molecule has 0 bridgehead atoms. The second kappa shape index (κ2) is 6.29. The van der Waals surface area contributed by atoms with Gasteiger partial charge in [0.15, 0.2) is 0 Å². The minimum atomic E-state index is -1.05. The lowest BCUT2D eigenvalue weighted by molar-refractivity contribution is -0.135. The summed E-state index contributed by atoms with van der Waals surface area (Å²) < 4.78 is 0. The maximum Gasteiger partial charge on any atom is 0.316 e. The number of hydrogen-bond donors (Lipinski definition) is 3. The van der Waals surface area contributed by atoms with Crippen molar-refractivity contribution in [3.8, 4) is 0 Å². The maximum absolute atomic E-state index is 11.8. The average Bonchev–Trinajstić information content (AvgIpc) is 2.48. The number of nitrogens with zero attached hydrogens (tertiary/aromatic N) is 1. The van der Waals surface area contributed by atoms with Gasteiger partial charge in [0.1, 0.15) is 0 Å². The second-order valence-corrected chi connectivity index (χ2v) is 4.10. The van der Waals surface area contributed by atoms with E-state index in [1.165, 1.54) is 36.7 Å². The van der Waals surface area contributed by atoms with Gasteiger partial charge in [-0.1, -0.05) is 0 Å². The molecule has 2 aromatic rings. The zero-order valence-corrected chi connectivity index (χ0v) is 10.9. The van der Waals surface area contributed by atoms with Crippen LogP contribution in [0.1, 0.15) is 10.4 Å². The molecule has 0 atom stereocenters. The van der Waals surface area contributed by atoms with E-state index in [4.69, 9.17) is 5.73 Å². The van der Waals surface area contributed by atoms with Crippen LogP contribution in [0.3, 0.4) is 0 Å². The molecule has 0 aliphatic carbocycles. The summed E-state index contributed by atoms with van der Waals surface area (Å²) in [6.07, 6.45) is 2.91. The summed E-state index contributed by atoms with van der Waals surface area (Å²) in [5.41, 5.74) is 6.57. The van der Waals surface area contributed by atoms with Crippen LogP contribution in [0.5, 0.6) is 0 Å². The van der Waals surface area contributed by atoms with Crippen LogP contribution in [0.15, 0.2) is 48.8 Å². The van der Waals surface area contributed by atoms with E-state index in [1.807, 2.05) is 5.32 Å². The first-order valence-electron chi connectivity index (χ1n) is 5.98. The molecular weight excluding hydrogens is 272 g/mol. The van der Waals surface area contributed by atoms with Crippen molar-refractivity contribution in [2.45, 2.75) is 0 Å². The number of imide groups is 1. The van der Waals surface area contributed by atoms with Gasteiger partial charge in [-0.3, -0.25) is 24.7 Å². The van der Waals surface area contributed by atoms with Gasteiger partial charge in [-0.05, 0) is 36.4 Å². The topological polar surface area (TPSA) is 114 Å². The summed E-state index contributed by atoms with van der Waals surface area (Å²) in [6.45, 7) is 0. The Hall–Kier alpha value is -3.22. The second-order valence-electron chi connectivity index (χ2n) is 4.10. The van der Waals surface area contributed by atoms with Crippen LogP contribution in [0.25, 0.3) is 0 Å². The smallest absolute Gasteiger partial charge is 0.316 e. The zero-order chi connectivity index (χ0) is 15.2. The molecule has 0 saturated heterocycles. The number of anilines is 2. The first-order valence-corrected chi connectivity index (χ1v) is 5.98. The van der Waals surface area contributed by atoms with E-state index in [2.05, 4.69) is 10.3 Å². The molecule has 7 nitrogen and oxygen atoms in total. The molecule has 106 valence electrons. The molecule has 2 rings (SSSR count). The monoisotopic (exact) mass is 284 g/mol. The Bertz CT molecular complexity index is 668. The Morgan fingerprint density at radius 3 is 2.33 bits per heavy atom. The van der Waals surface area contributed by atoms with Gasteiger partial charge in [-0.15, -0.1) is 0 Å². The van der Waals surface area contributed by atoms with Gasteiger partial charge >= 0.3 is 11.8 Å². The van der Waals surface area contributed by atoms with E-state index in [0.717, 1.165) is 0 Å². The SMILES string of the molecule is Nc1ccc(C(=O)NC(=O)C(=O)Nc2cccnc2)cc1. The predicted molar refractivity (Wildman–Crippen MR) is 76.2 cm³/mol. The normalized spacial score (nSPS) is 9.71. The Morgan fingerprint density at radius 2 is 1.71 bits per heavy atom. The number of hydrogen-bond acceptors (Lipinski definition) is 5. The van der Waals surface area contributed by atoms with Crippen molar-refractivity contribution in [2.75, 3.05) is 11.1 Å². The third-order valence-electron chi connectivity index (χ3n) is 2.53. The molecule has 0 aliphatic rings. The van der Waals surface area contributed by atoms with Gasteiger partial charge in [-0.25, -0.2) is 0 Å². The van der Waals surface area contributed by atoms with Crippen LogP contribution in [0.2, 0.25) is 0 Å². The number of carbonyl (C=O) groups is 3. The molecule has 0 radical (unpaired) electrons. The first-order chi connectivity index (χ1) is 10.1. The lowest BCUT2D eigenvalue weighted by Crippen LogP contribution is -2.39. The molecule has 0 unspecified atom stereocenters. The van der Waals surface area contributed by atoms with Crippen LogP contribution in [-0.4, -0.2) is 22.7 Å². The van der Waals surface area contributed by atoms with Crippen molar-refractivity contribution < 1.29 is 14.4 Å². The van der Waals surface area contributed by atoms with E-state index in [0.29, 0.717) is 11.4 Å². The van der Waals surface area contributed by atoms with E-state index < -0.39 is 17.7 Å². The molecule has 1 heterocycles. The summed E-state index contributed by atoms with van der Waals surface area (Å²) in [5.74, 6) is -2.69. The van der Waals surface area contributed by atoms with Crippen molar-refractivity contribution >= 4 is 29.1 Å². The average molecular weight is 284 g/mol. The predicted octanol–water partition coefficient (Wildman–Crippen LogP) is 0.559. The quantitative estimate of drug-likeness (QED) is 0.550. The number of nitrogens with two attached hydrogens (primary N) is 1. The number of benzene rings is 1. The molecule has 0 saturated carbocycles. The number of amides is 3. The largest absolute Gasteiger partial charge is 0.399 e. The van der Waals surface area contributed by atoms with Crippen LogP contribution < -0.4 is 16.4 Å². The fourth-order valence-electron chi connectivity index (χ4n) is 1.49. The molecule has 1 aromatic carbocycles. The standard InChI is InChI=1S/C14H12N4O3/c15-10-5-3-9(4-6-10)12(19)18-14(21)13(20)17-11-2-1-7-16-8-11/h1-8H,15H2,(H,17,20)(H,18,19,21). The highest BCUT2D eigenvalue weighted by atomic mass is 16.2. The maximum atomic E-state index is 11.8. The Balaban J connectivity index is 1.96. The summed E-state index contributed by atoms with van der Waals surface area (Å²) in [7, 11) is 0. The summed E-state index contributed by atoms with van der Waals surface area (Å²) in [5, 5.41) is 4.31. The number of nitrogen functional groups attached to an aromatic ring is 1. The Kier molecular flexibility index (Phi) is 4.25. The molecule has 7 heteroatoms. The Labute approximate surface area is 120 Å². The minimum Gasteiger partial charge on any atom is -0.399 e. The fraction of sp³-hybridized carbons (Fsp3) is 0. The lowest BCUT2D eigenvalue weighted by Gasteiger charge is -2.05. The van der Waals surface area contributed by atoms with E-state index in [1.54, 1.807) is 12.1 Å². The lowest BCUT2D eigenvalue weighted by atomic mass is 10.2. The fourth-order valence-corrected chi connectivity index (χ4v) is 1.49. The van der Waals surface area contributed by atoms with Crippen molar-refractivity contribution in [1.82, 2.24) is 10.3 Å². The molecule has 0 aliphatic heterocycles. The van der Waals surface area contributed by atoms with E-state index in [9.17, 15) is 14.4 Å². The summed E-state index contributed by atoms with van der Waals surface area (Å²) in [4.78, 5) is 38.8. The highest BCUT2D eigenvalue weighted by Gasteiger charge is 2.17. The van der Waals surface area contributed by atoms with Crippen molar-refractivity contribution in [1.29, 1.82) is 0 Å². The van der Waals surface area contributed by atoms with E-state index in [-0.39, 0.29) is 5.56 Å². The molecule has 0 fully saturated rings. The highest BCUT2D eigenvalue weighted by molar-refractivity contribution is 6.42. The van der Waals surface area contributed by atoms with Gasteiger partial charge in [0.2, 0.25) is 0 Å². The summed E-state index contributed by atoms with van der Waals surface area (Å²) >= 11 is 0. The van der Waals surface area contributed by atoms with Gasteiger partial charge in [-0.2, -0.15) is 0 Å². The third-order valence-corrected chi connectivity index (χ3v) is 2.53. The van der Waals surface area contributed by atoms with Crippen LogP contribution in [0, 0.1) is 0 Å². The first kappa shape index (κ1) is 14.2. The molecule has 0 spiro atoms.